The SMILES string of the molecule is CN1C(=O)[C@H]2[C@H]([C@@H]3C=C[C@H]2C3)N2C(=O)c3ccccc3[C@@H]12. The van der Waals surface area contributed by atoms with Gasteiger partial charge in [-0.15, -0.1) is 0 Å². The van der Waals surface area contributed by atoms with Crippen molar-refractivity contribution in [2.45, 2.75) is 18.6 Å². The smallest absolute Gasteiger partial charge is 0.256 e. The van der Waals surface area contributed by atoms with E-state index in [0.717, 1.165) is 17.5 Å². The van der Waals surface area contributed by atoms with Gasteiger partial charge in [-0.25, -0.2) is 0 Å². The van der Waals surface area contributed by atoms with Crippen molar-refractivity contribution < 1.29 is 9.59 Å². The molecule has 5 rings (SSSR count). The molecule has 1 aromatic carbocycles. The highest BCUT2D eigenvalue weighted by Crippen LogP contribution is 2.54. The fraction of sp³-hybridized carbons (Fsp3) is 0.412. The summed E-state index contributed by atoms with van der Waals surface area (Å²) in [6, 6.07) is 7.75. The van der Waals surface area contributed by atoms with Crippen LogP contribution in [0, 0.1) is 17.8 Å². The molecule has 5 atom stereocenters. The van der Waals surface area contributed by atoms with Crippen LogP contribution in [0.15, 0.2) is 36.4 Å². The Kier molecular flexibility index (Phi) is 1.96. The van der Waals surface area contributed by atoms with Crippen LogP contribution in [0.25, 0.3) is 0 Å². The molecule has 4 aliphatic rings. The summed E-state index contributed by atoms with van der Waals surface area (Å²) in [6.07, 6.45) is 5.18. The third-order valence-electron chi connectivity index (χ3n) is 5.71. The molecule has 1 aromatic rings. The summed E-state index contributed by atoms with van der Waals surface area (Å²) in [4.78, 5) is 29.4. The molecular formula is C17H16N2O2. The molecule has 0 unspecified atom stereocenters. The van der Waals surface area contributed by atoms with Gasteiger partial charge in [0.25, 0.3) is 5.91 Å². The molecule has 0 aromatic heterocycles. The summed E-state index contributed by atoms with van der Waals surface area (Å²) >= 11 is 0. The van der Waals surface area contributed by atoms with Crippen molar-refractivity contribution in [3.8, 4) is 0 Å². The lowest BCUT2D eigenvalue weighted by molar-refractivity contribution is -0.151. The maximum absolute atomic E-state index is 12.9. The highest BCUT2D eigenvalue weighted by molar-refractivity contribution is 6.01. The lowest BCUT2D eigenvalue weighted by atomic mass is 9.84. The molecule has 1 saturated heterocycles. The highest BCUT2D eigenvalue weighted by Gasteiger charge is 2.60. The summed E-state index contributed by atoms with van der Waals surface area (Å²) in [5.41, 5.74) is 1.73. The number of hydrogen-bond acceptors (Lipinski definition) is 2. The van der Waals surface area contributed by atoms with E-state index in [9.17, 15) is 9.59 Å². The molecule has 2 amide bonds. The molecule has 0 radical (unpaired) electrons. The summed E-state index contributed by atoms with van der Waals surface area (Å²) in [5, 5.41) is 0. The molecular weight excluding hydrogens is 264 g/mol. The van der Waals surface area contributed by atoms with Gasteiger partial charge in [0.05, 0.1) is 12.0 Å². The van der Waals surface area contributed by atoms with Crippen molar-refractivity contribution in [2.24, 2.45) is 17.8 Å². The number of fused-ring (bicyclic) bond motifs is 9. The van der Waals surface area contributed by atoms with Crippen molar-refractivity contribution in [1.82, 2.24) is 9.80 Å². The second-order valence-corrected chi connectivity index (χ2v) is 6.59. The molecule has 2 bridgehead atoms. The molecule has 0 spiro atoms. The Balaban J connectivity index is 1.71. The van der Waals surface area contributed by atoms with Gasteiger partial charge >= 0.3 is 0 Å². The first-order valence-corrected chi connectivity index (χ1v) is 7.55. The average molecular weight is 280 g/mol. The van der Waals surface area contributed by atoms with E-state index < -0.39 is 0 Å². The van der Waals surface area contributed by atoms with Gasteiger partial charge in [-0.1, -0.05) is 30.4 Å². The van der Waals surface area contributed by atoms with Crippen LogP contribution < -0.4 is 0 Å². The van der Waals surface area contributed by atoms with Gasteiger partial charge in [-0.05, 0) is 24.3 Å². The number of nitrogens with zero attached hydrogens (tertiary/aromatic N) is 2. The largest absolute Gasteiger partial charge is 0.321 e. The summed E-state index contributed by atoms with van der Waals surface area (Å²) in [5.74, 6) is 0.902. The van der Waals surface area contributed by atoms with Crippen LogP contribution >= 0.6 is 0 Å². The van der Waals surface area contributed by atoms with Gasteiger partial charge in [-0.2, -0.15) is 0 Å². The molecule has 0 N–H and O–H groups in total. The van der Waals surface area contributed by atoms with Gasteiger partial charge in [0, 0.05) is 18.2 Å². The van der Waals surface area contributed by atoms with Gasteiger partial charge in [-0.3, -0.25) is 9.59 Å². The van der Waals surface area contributed by atoms with Crippen LogP contribution in [-0.2, 0) is 4.79 Å². The van der Waals surface area contributed by atoms with Crippen molar-refractivity contribution >= 4 is 11.8 Å². The summed E-state index contributed by atoms with van der Waals surface area (Å²) < 4.78 is 0. The lowest BCUT2D eigenvalue weighted by Gasteiger charge is -2.47. The van der Waals surface area contributed by atoms with Crippen molar-refractivity contribution in [2.75, 3.05) is 7.05 Å². The number of allylic oxidation sites excluding steroid dienone is 1. The quantitative estimate of drug-likeness (QED) is 0.680. The predicted octanol–water partition coefficient (Wildman–Crippen LogP) is 1.80. The van der Waals surface area contributed by atoms with Crippen LogP contribution in [-0.4, -0.2) is 34.7 Å². The minimum atomic E-state index is -0.213. The predicted molar refractivity (Wildman–Crippen MR) is 76.1 cm³/mol. The number of carbonyl (C=O) groups is 2. The zero-order valence-corrected chi connectivity index (χ0v) is 11.8. The van der Waals surface area contributed by atoms with E-state index in [2.05, 4.69) is 12.2 Å². The third-order valence-corrected chi connectivity index (χ3v) is 5.71. The molecule has 2 aliphatic heterocycles. The van der Waals surface area contributed by atoms with Gasteiger partial charge in [0.1, 0.15) is 6.17 Å². The van der Waals surface area contributed by atoms with Crippen LogP contribution in [0.1, 0.15) is 28.5 Å². The first-order chi connectivity index (χ1) is 10.2. The van der Waals surface area contributed by atoms with Crippen LogP contribution in [0.2, 0.25) is 0 Å². The number of benzene rings is 1. The normalized spacial score (nSPS) is 38.8. The van der Waals surface area contributed by atoms with Crippen LogP contribution in [0.4, 0.5) is 0 Å². The topological polar surface area (TPSA) is 40.6 Å². The highest BCUT2D eigenvalue weighted by atomic mass is 16.2. The standard InChI is InChI=1S/C17H16N2O2/c1-18-15-11-4-2-3-5-12(11)16(20)19(15)14-10-7-6-9(8-10)13(14)17(18)21/h2-7,9-10,13-15H,8H2,1H3/t9-,10+,13+,14-,15-/m0/s1. The van der Waals surface area contributed by atoms with Crippen molar-refractivity contribution in [1.29, 1.82) is 0 Å². The van der Waals surface area contributed by atoms with Crippen LogP contribution in [0.5, 0.6) is 0 Å². The fourth-order valence-electron chi connectivity index (χ4n) is 4.87. The van der Waals surface area contributed by atoms with E-state index in [0.29, 0.717) is 11.8 Å². The van der Waals surface area contributed by atoms with Crippen molar-refractivity contribution in [3.05, 3.63) is 47.5 Å². The molecule has 2 aliphatic carbocycles. The van der Waals surface area contributed by atoms with E-state index in [1.165, 1.54) is 0 Å². The lowest BCUT2D eigenvalue weighted by Crippen LogP contribution is -2.59. The summed E-state index contributed by atoms with van der Waals surface area (Å²) in [7, 11) is 1.83. The second kappa shape index (κ2) is 3.56. The maximum Gasteiger partial charge on any atom is 0.256 e. The Labute approximate surface area is 123 Å². The Morgan fingerprint density at radius 3 is 2.71 bits per heavy atom. The Morgan fingerprint density at radius 2 is 1.86 bits per heavy atom. The first kappa shape index (κ1) is 11.5. The minimum Gasteiger partial charge on any atom is -0.321 e. The molecule has 4 nitrogen and oxygen atoms in total. The Morgan fingerprint density at radius 1 is 1.10 bits per heavy atom. The number of carbonyl (C=O) groups excluding carboxylic acids is 2. The third kappa shape index (κ3) is 1.18. The Bertz CT molecular complexity index is 710. The molecule has 1 saturated carbocycles. The number of rotatable bonds is 0. The molecule has 2 heterocycles. The minimum absolute atomic E-state index is 0.0421. The van der Waals surface area contributed by atoms with E-state index in [4.69, 9.17) is 0 Å². The number of amides is 2. The van der Waals surface area contributed by atoms with Gasteiger partial charge in [0.2, 0.25) is 5.91 Å². The second-order valence-electron chi connectivity index (χ2n) is 6.59. The monoisotopic (exact) mass is 280 g/mol. The molecule has 4 heteroatoms. The molecule has 2 fully saturated rings. The average Bonchev–Trinajstić information content (AvgIpc) is 3.17. The van der Waals surface area contributed by atoms with E-state index in [-0.39, 0.29) is 29.9 Å². The maximum atomic E-state index is 12.9. The Hall–Kier alpha value is -2.10. The van der Waals surface area contributed by atoms with E-state index in [1.807, 2.05) is 36.2 Å². The van der Waals surface area contributed by atoms with Gasteiger partial charge < -0.3 is 9.80 Å². The van der Waals surface area contributed by atoms with E-state index >= 15 is 0 Å². The zero-order valence-electron chi connectivity index (χ0n) is 11.8. The zero-order chi connectivity index (χ0) is 14.3. The molecule has 21 heavy (non-hydrogen) atoms. The van der Waals surface area contributed by atoms with Crippen LogP contribution in [0.3, 0.4) is 0 Å². The number of hydrogen-bond donors (Lipinski definition) is 0. The first-order valence-electron chi connectivity index (χ1n) is 7.55. The van der Waals surface area contributed by atoms with E-state index in [1.54, 1.807) is 4.90 Å². The van der Waals surface area contributed by atoms with Gasteiger partial charge in [0.15, 0.2) is 0 Å². The summed E-state index contributed by atoms with van der Waals surface area (Å²) in [6.45, 7) is 0. The fourth-order valence-corrected chi connectivity index (χ4v) is 4.87. The van der Waals surface area contributed by atoms with Crippen molar-refractivity contribution in [3.63, 3.8) is 0 Å². The molecule has 106 valence electrons.